The predicted octanol–water partition coefficient (Wildman–Crippen LogP) is 1.90. The van der Waals surface area contributed by atoms with Gasteiger partial charge in [-0.15, -0.1) is 0 Å². The van der Waals surface area contributed by atoms with E-state index in [0.717, 1.165) is 12.5 Å². The van der Waals surface area contributed by atoms with Crippen molar-refractivity contribution in [2.75, 3.05) is 19.6 Å². The number of hydrogen-bond acceptors (Lipinski definition) is 2. The van der Waals surface area contributed by atoms with Crippen LogP contribution in [0.5, 0.6) is 0 Å². The van der Waals surface area contributed by atoms with Crippen molar-refractivity contribution in [3.8, 4) is 0 Å². The average molecular weight is 338 g/mol. The molecule has 1 saturated heterocycles. The van der Waals surface area contributed by atoms with Crippen molar-refractivity contribution in [3.63, 3.8) is 0 Å². The summed E-state index contributed by atoms with van der Waals surface area (Å²) >= 11 is 0. The number of aliphatic imine (C=N–C) groups is 1. The predicted molar refractivity (Wildman–Crippen MR) is 89.9 cm³/mol. The third kappa shape index (κ3) is 5.18. The van der Waals surface area contributed by atoms with Crippen molar-refractivity contribution in [1.82, 2.24) is 16.0 Å². The summed E-state index contributed by atoms with van der Waals surface area (Å²) in [6.45, 7) is 5.62. The minimum absolute atomic E-state index is 0.0402. The van der Waals surface area contributed by atoms with Crippen LogP contribution >= 0.6 is 0 Å². The Morgan fingerprint density at radius 3 is 2.83 bits per heavy atom. The van der Waals surface area contributed by atoms with Crippen LogP contribution in [0.1, 0.15) is 38.2 Å². The number of hydrogen-bond donors (Lipinski definition) is 3. The molecule has 0 aromatic heterocycles. The lowest BCUT2D eigenvalue weighted by molar-refractivity contribution is -0.122. The van der Waals surface area contributed by atoms with Crippen molar-refractivity contribution < 1.29 is 13.6 Å². The van der Waals surface area contributed by atoms with Gasteiger partial charge in [-0.1, -0.05) is 13.0 Å². The summed E-state index contributed by atoms with van der Waals surface area (Å²) in [6, 6.07) is 4.07. The lowest BCUT2D eigenvalue weighted by atomic mass is 10.0. The summed E-state index contributed by atoms with van der Waals surface area (Å²) in [4.78, 5) is 15.7. The third-order valence-electron chi connectivity index (χ3n) is 3.99. The quantitative estimate of drug-likeness (QED) is 0.567. The number of carbonyl (C=O) groups is 1. The SMILES string of the molecule is CCNC(=NCC(C)c1ccc(F)c(F)c1)NC1CCC(=O)NC1. The summed E-state index contributed by atoms with van der Waals surface area (Å²) in [7, 11) is 0. The van der Waals surface area contributed by atoms with Gasteiger partial charge in [-0.25, -0.2) is 8.78 Å². The number of halogens is 2. The minimum atomic E-state index is -0.844. The van der Waals surface area contributed by atoms with Gasteiger partial charge in [-0.05, 0) is 31.0 Å². The Balaban J connectivity index is 1.96. The van der Waals surface area contributed by atoms with E-state index in [2.05, 4.69) is 20.9 Å². The Hall–Kier alpha value is -2.18. The summed E-state index contributed by atoms with van der Waals surface area (Å²) in [5, 5.41) is 9.28. The maximum Gasteiger partial charge on any atom is 0.220 e. The summed E-state index contributed by atoms with van der Waals surface area (Å²) in [5.74, 6) is -0.994. The van der Waals surface area contributed by atoms with Gasteiger partial charge in [-0.3, -0.25) is 9.79 Å². The molecule has 2 atom stereocenters. The standard InChI is InChI=1S/C17H24F2N4O/c1-3-20-17(23-13-5-7-16(24)21-10-13)22-9-11(2)12-4-6-14(18)15(19)8-12/h4,6,8,11,13H,3,5,7,9-10H2,1-2H3,(H,21,24)(H2,20,22,23). The number of nitrogens with one attached hydrogen (secondary N) is 3. The first-order valence-electron chi connectivity index (χ1n) is 8.26. The van der Waals surface area contributed by atoms with Crippen LogP contribution in [0.25, 0.3) is 0 Å². The van der Waals surface area contributed by atoms with Crippen LogP contribution in [-0.2, 0) is 4.79 Å². The highest BCUT2D eigenvalue weighted by Gasteiger charge is 2.18. The molecule has 1 amide bonds. The second-order valence-corrected chi connectivity index (χ2v) is 5.98. The van der Waals surface area contributed by atoms with Crippen LogP contribution in [0, 0.1) is 11.6 Å². The molecule has 1 aromatic rings. The first-order valence-corrected chi connectivity index (χ1v) is 8.26. The second kappa shape index (κ2) is 8.61. The first kappa shape index (κ1) is 18.2. The maximum atomic E-state index is 13.3. The molecular formula is C17H24F2N4O. The van der Waals surface area contributed by atoms with Gasteiger partial charge in [0.25, 0.3) is 0 Å². The molecule has 0 spiro atoms. The number of guanidine groups is 1. The van der Waals surface area contributed by atoms with Crippen LogP contribution in [0.4, 0.5) is 8.78 Å². The minimum Gasteiger partial charge on any atom is -0.357 e. The fourth-order valence-electron chi connectivity index (χ4n) is 2.52. The summed E-state index contributed by atoms with van der Waals surface area (Å²) < 4.78 is 26.3. The Morgan fingerprint density at radius 1 is 1.42 bits per heavy atom. The molecular weight excluding hydrogens is 314 g/mol. The Labute approximate surface area is 140 Å². The number of benzene rings is 1. The Morgan fingerprint density at radius 2 is 2.21 bits per heavy atom. The number of carbonyl (C=O) groups excluding carboxylic acids is 1. The molecule has 2 rings (SSSR count). The molecule has 0 bridgehead atoms. The largest absolute Gasteiger partial charge is 0.357 e. The first-order chi connectivity index (χ1) is 11.5. The van der Waals surface area contributed by atoms with Crippen molar-refractivity contribution in [2.24, 2.45) is 4.99 Å². The highest BCUT2D eigenvalue weighted by atomic mass is 19.2. The van der Waals surface area contributed by atoms with Gasteiger partial charge in [0.15, 0.2) is 17.6 Å². The van der Waals surface area contributed by atoms with Crippen molar-refractivity contribution in [3.05, 3.63) is 35.4 Å². The van der Waals surface area contributed by atoms with Crippen molar-refractivity contribution in [1.29, 1.82) is 0 Å². The fourth-order valence-corrected chi connectivity index (χ4v) is 2.52. The van der Waals surface area contributed by atoms with Crippen molar-refractivity contribution >= 4 is 11.9 Å². The molecule has 1 aliphatic rings. The topological polar surface area (TPSA) is 65.5 Å². The van der Waals surface area contributed by atoms with Crippen LogP contribution in [-0.4, -0.2) is 37.5 Å². The normalized spacial score (nSPS) is 19.6. The fraction of sp³-hybridized carbons (Fsp3) is 0.529. The molecule has 0 aliphatic carbocycles. The van der Waals surface area contributed by atoms with E-state index in [1.165, 1.54) is 6.07 Å². The smallest absolute Gasteiger partial charge is 0.220 e. The van der Waals surface area contributed by atoms with Crippen LogP contribution in [0.3, 0.4) is 0 Å². The molecule has 1 aliphatic heterocycles. The Kier molecular flexibility index (Phi) is 6.52. The molecule has 2 unspecified atom stereocenters. The Bertz CT molecular complexity index is 596. The van der Waals surface area contributed by atoms with Gasteiger partial charge in [0.05, 0.1) is 0 Å². The van der Waals surface area contributed by atoms with E-state index < -0.39 is 11.6 Å². The van der Waals surface area contributed by atoms with E-state index in [9.17, 15) is 13.6 Å². The van der Waals surface area contributed by atoms with Crippen LogP contribution < -0.4 is 16.0 Å². The molecule has 0 radical (unpaired) electrons. The van der Waals surface area contributed by atoms with Gasteiger partial charge in [-0.2, -0.15) is 0 Å². The van der Waals surface area contributed by atoms with Gasteiger partial charge in [0.2, 0.25) is 5.91 Å². The molecule has 0 saturated carbocycles. The molecule has 24 heavy (non-hydrogen) atoms. The lowest BCUT2D eigenvalue weighted by Gasteiger charge is -2.25. The maximum absolute atomic E-state index is 13.3. The molecule has 132 valence electrons. The molecule has 5 nitrogen and oxygen atoms in total. The summed E-state index contributed by atoms with van der Waals surface area (Å²) in [5.41, 5.74) is 0.707. The summed E-state index contributed by atoms with van der Waals surface area (Å²) in [6.07, 6.45) is 1.26. The zero-order valence-electron chi connectivity index (χ0n) is 14.0. The molecule has 7 heteroatoms. The number of amides is 1. The molecule has 1 heterocycles. The average Bonchev–Trinajstić information content (AvgIpc) is 2.57. The van der Waals surface area contributed by atoms with E-state index in [1.54, 1.807) is 6.07 Å². The lowest BCUT2D eigenvalue weighted by Crippen LogP contribution is -2.51. The molecule has 1 aromatic carbocycles. The second-order valence-electron chi connectivity index (χ2n) is 5.98. The van der Waals surface area contributed by atoms with Crippen molar-refractivity contribution in [2.45, 2.75) is 38.6 Å². The van der Waals surface area contributed by atoms with E-state index in [4.69, 9.17) is 0 Å². The zero-order chi connectivity index (χ0) is 17.5. The molecule has 1 fully saturated rings. The highest BCUT2D eigenvalue weighted by Crippen LogP contribution is 2.18. The van der Waals surface area contributed by atoms with Gasteiger partial charge in [0.1, 0.15) is 0 Å². The van der Waals surface area contributed by atoms with E-state index >= 15 is 0 Å². The number of nitrogens with zero attached hydrogens (tertiary/aromatic N) is 1. The van der Waals surface area contributed by atoms with E-state index in [1.807, 2.05) is 13.8 Å². The monoisotopic (exact) mass is 338 g/mol. The highest BCUT2D eigenvalue weighted by molar-refractivity contribution is 5.81. The molecule has 3 N–H and O–H groups in total. The van der Waals surface area contributed by atoms with Crippen LogP contribution in [0.15, 0.2) is 23.2 Å². The van der Waals surface area contributed by atoms with Crippen LogP contribution in [0.2, 0.25) is 0 Å². The third-order valence-corrected chi connectivity index (χ3v) is 3.99. The number of piperidine rings is 1. The van der Waals surface area contributed by atoms with Gasteiger partial charge < -0.3 is 16.0 Å². The number of rotatable bonds is 5. The van der Waals surface area contributed by atoms with Gasteiger partial charge >= 0.3 is 0 Å². The van der Waals surface area contributed by atoms with E-state index in [-0.39, 0.29) is 17.9 Å². The van der Waals surface area contributed by atoms with E-state index in [0.29, 0.717) is 37.6 Å². The zero-order valence-corrected chi connectivity index (χ0v) is 14.0. The van der Waals surface area contributed by atoms with Gasteiger partial charge in [0, 0.05) is 38.0 Å².